The summed E-state index contributed by atoms with van der Waals surface area (Å²) in [5, 5.41) is 8.75. The molecule has 1 aromatic heterocycles. The van der Waals surface area contributed by atoms with Crippen molar-refractivity contribution in [1.29, 1.82) is 5.26 Å². The fourth-order valence-corrected chi connectivity index (χ4v) is 2.11. The molecule has 1 aliphatic rings. The van der Waals surface area contributed by atoms with Crippen LogP contribution in [0.4, 0.5) is 0 Å². The van der Waals surface area contributed by atoms with Crippen LogP contribution in [0.5, 0.6) is 0 Å². The Hall–Kier alpha value is -2.18. The summed E-state index contributed by atoms with van der Waals surface area (Å²) in [6.07, 6.45) is 2.98. The molecule has 0 bridgehead atoms. The summed E-state index contributed by atoms with van der Waals surface area (Å²) in [4.78, 5) is 4.46. The zero-order valence-corrected chi connectivity index (χ0v) is 9.88. The van der Waals surface area contributed by atoms with Gasteiger partial charge in [-0.2, -0.15) is 5.26 Å². The van der Waals surface area contributed by atoms with Gasteiger partial charge in [0.1, 0.15) is 0 Å². The predicted octanol–water partition coefficient (Wildman–Crippen LogP) is 2.43. The van der Waals surface area contributed by atoms with Gasteiger partial charge in [0.05, 0.1) is 17.3 Å². The Bertz CT molecular complexity index is 593. The van der Waals surface area contributed by atoms with Crippen LogP contribution in [0.3, 0.4) is 0 Å². The number of hydrogen-bond acceptors (Lipinski definition) is 3. The van der Waals surface area contributed by atoms with Crippen LogP contribution in [0.25, 0.3) is 11.3 Å². The lowest BCUT2D eigenvalue weighted by atomic mass is 10.1. The van der Waals surface area contributed by atoms with Gasteiger partial charge in [-0.1, -0.05) is 18.2 Å². The molecular weight excluding hydrogens is 222 g/mol. The molecule has 88 valence electrons. The predicted molar refractivity (Wildman–Crippen MR) is 69.7 cm³/mol. The fraction of sp³-hybridized carbons (Fsp3) is 0.200. The van der Waals surface area contributed by atoms with Gasteiger partial charge < -0.3 is 5.73 Å². The molecular formula is C15H13N3. The van der Waals surface area contributed by atoms with Crippen LogP contribution in [-0.2, 0) is 0 Å². The van der Waals surface area contributed by atoms with Crippen LogP contribution in [0.2, 0.25) is 0 Å². The van der Waals surface area contributed by atoms with E-state index in [-0.39, 0.29) is 0 Å². The molecule has 1 aromatic carbocycles. The molecule has 3 nitrogen and oxygen atoms in total. The van der Waals surface area contributed by atoms with Gasteiger partial charge >= 0.3 is 0 Å². The van der Waals surface area contributed by atoms with Crippen LogP contribution < -0.4 is 5.73 Å². The Morgan fingerprint density at radius 1 is 1.17 bits per heavy atom. The monoisotopic (exact) mass is 235 g/mol. The Balaban J connectivity index is 1.85. The van der Waals surface area contributed by atoms with Crippen LogP contribution in [0.1, 0.15) is 23.5 Å². The largest absolute Gasteiger partial charge is 0.327 e. The number of nitriles is 1. The van der Waals surface area contributed by atoms with Crippen molar-refractivity contribution in [2.75, 3.05) is 0 Å². The normalized spacial score (nSPS) is 21.3. The third kappa shape index (κ3) is 1.99. The lowest BCUT2D eigenvalue weighted by molar-refractivity contribution is 0.981. The molecule has 18 heavy (non-hydrogen) atoms. The summed E-state index contributed by atoms with van der Waals surface area (Å²) in [7, 11) is 0. The van der Waals surface area contributed by atoms with E-state index in [2.05, 4.69) is 17.1 Å². The number of rotatable bonds is 2. The molecule has 2 aromatic rings. The van der Waals surface area contributed by atoms with Crippen LogP contribution in [0.15, 0.2) is 42.6 Å². The van der Waals surface area contributed by atoms with Gasteiger partial charge in [0, 0.05) is 23.7 Å². The third-order valence-electron chi connectivity index (χ3n) is 3.36. The van der Waals surface area contributed by atoms with Crippen molar-refractivity contribution in [1.82, 2.24) is 4.98 Å². The third-order valence-corrected chi connectivity index (χ3v) is 3.36. The van der Waals surface area contributed by atoms with E-state index >= 15 is 0 Å². The fourth-order valence-electron chi connectivity index (χ4n) is 2.11. The first-order chi connectivity index (χ1) is 8.78. The molecule has 1 saturated carbocycles. The van der Waals surface area contributed by atoms with Crippen molar-refractivity contribution in [3.63, 3.8) is 0 Å². The molecule has 1 fully saturated rings. The summed E-state index contributed by atoms with van der Waals surface area (Å²) in [6, 6.07) is 14.0. The summed E-state index contributed by atoms with van der Waals surface area (Å²) in [5.74, 6) is 0.493. The smallest absolute Gasteiger partial charge is 0.0991 e. The maximum Gasteiger partial charge on any atom is 0.0991 e. The highest BCUT2D eigenvalue weighted by Gasteiger charge is 2.34. The maximum atomic E-state index is 8.75. The number of nitrogens with zero attached hydrogens (tertiary/aromatic N) is 2. The first-order valence-electron chi connectivity index (χ1n) is 6.00. The van der Waals surface area contributed by atoms with E-state index in [0.717, 1.165) is 17.7 Å². The SMILES string of the molecule is N#Cc1ccc(-c2ccc(C3CC3N)cn2)cc1. The van der Waals surface area contributed by atoms with E-state index in [1.54, 1.807) is 0 Å². The van der Waals surface area contributed by atoms with Crippen molar-refractivity contribution < 1.29 is 0 Å². The highest BCUT2D eigenvalue weighted by molar-refractivity contribution is 5.60. The molecule has 3 heteroatoms. The lowest BCUT2D eigenvalue weighted by Gasteiger charge is -2.03. The average molecular weight is 235 g/mol. The maximum absolute atomic E-state index is 8.75. The molecule has 3 rings (SSSR count). The first kappa shape index (κ1) is 10.9. The summed E-state index contributed by atoms with van der Waals surface area (Å²) >= 11 is 0. The van der Waals surface area contributed by atoms with Crippen LogP contribution in [-0.4, -0.2) is 11.0 Å². The number of benzene rings is 1. The van der Waals surface area contributed by atoms with E-state index in [9.17, 15) is 0 Å². The van der Waals surface area contributed by atoms with E-state index < -0.39 is 0 Å². The molecule has 0 radical (unpaired) electrons. The van der Waals surface area contributed by atoms with E-state index in [4.69, 9.17) is 11.0 Å². The first-order valence-corrected chi connectivity index (χ1v) is 6.00. The van der Waals surface area contributed by atoms with Gasteiger partial charge in [0.15, 0.2) is 0 Å². The second kappa shape index (κ2) is 4.25. The quantitative estimate of drug-likeness (QED) is 0.869. The lowest BCUT2D eigenvalue weighted by Crippen LogP contribution is -2.01. The molecule has 2 N–H and O–H groups in total. The molecule has 0 spiro atoms. The Morgan fingerprint density at radius 3 is 2.39 bits per heavy atom. The molecule has 0 saturated heterocycles. The molecule has 2 atom stereocenters. The van der Waals surface area contributed by atoms with Crippen molar-refractivity contribution in [2.24, 2.45) is 5.73 Å². The Kier molecular flexibility index (Phi) is 2.58. The highest BCUT2D eigenvalue weighted by Crippen LogP contribution is 2.38. The van der Waals surface area contributed by atoms with Crippen molar-refractivity contribution in [3.8, 4) is 17.3 Å². The highest BCUT2D eigenvalue weighted by atomic mass is 14.8. The van der Waals surface area contributed by atoms with Gasteiger partial charge in [-0.15, -0.1) is 0 Å². The number of aromatic nitrogens is 1. The van der Waals surface area contributed by atoms with Crippen molar-refractivity contribution >= 4 is 0 Å². The molecule has 2 unspecified atom stereocenters. The summed E-state index contributed by atoms with van der Waals surface area (Å²) in [5.41, 5.74) is 9.67. The Labute approximate surface area is 106 Å². The number of hydrogen-bond donors (Lipinski definition) is 1. The standard InChI is InChI=1S/C15H13N3/c16-8-10-1-3-11(4-2-10)15-6-5-12(9-18-15)13-7-14(13)17/h1-6,9,13-14H,7,17H2. The number of nitrogens with two attached hydrogens (primary N) is 1. The van der Waals surface area contributed by atoms with Crippen molar-refractivity contribution in [2.45, 2.75) is 18.4 Å². The van der Waals surface area contributed by atoms with Crippen molar-refractivity contribution in [3.05, 3.63) is 53.7 Å². The molecule has 0 aliphatic heterocycles. The van der Waals surface area contributed by atoms with E-state index in [1.165, 1.54) is 5.56 Å². The van der Waals surface area contributed by atoms with E-state index in [1.807, 2.05) is 36.5 Å². The average Bonchev–Trinajstić information content (AvgIpc) is 3.16. The van der Waals surface area contributed by atoms with Crippen LogP contribution >= 0.6 is 0 Å². The zero-order chi connectivity index (χ0) is 12.5. The minimum absolute atomic E-state index is 0.313. The summed E-state index contributed by atoms with van der Waals surface area (Å²) in [6.45, 7) is 0. The molecule has 0 amide bonds. The molecule has 1 aliphatic carbocycles. The molecule has 1 heterocycles. The van der Waals surface area contributed by atoms with Crippen LogP contribution in [0, 0.1) is 11.3 Å². The van der Waals surface area contributed by atoms with Gasteiger partial charge in [0.2, 0.25) is 0 Å². The topological polar surface area (TPSA) is 62.7 Å². The van der Waals surface area contributed by atoms with Gasteiger partial charge in [0.25, 0.3) is 0 Å². The summed E-state index contributed by atoms with van der Waals surface area (Å²) < 4.78 is 0. The second-order valence-electron chi connectivity index (χ2n) is 4.67. The zero-order valence-electron chi connectivity index (χ0n) is 9.88. The number of pyridine rings is 1. The van der Waals surface area contributed by atoms with Gasteiger partial charge in [-0.05, 0) is 30.2 Å². The van der Waals surface area contributed by atoms with Gasteiger partial charge in [-0.3, -0.25) is 4.98 Å². The van der Waals surface area contributed by atoms with Gasteiger partial charge in [-0.25, -0.2) is 0 Å². The Morgan fingerprint density at radius 2 is 1.89 bits per heavy atom. The minimum atomic E-state index is 0.313. The van der Waals surface area contributed by atoms with E-state index in [0.29, 0.717) is 17.5 Å². The minimum Gasteiger partial charge on any atom is -0.327 e. The second-order valence-corrected chi connectivity index (χ2v) is 4.67.